The van der Waals surface area contributed by atoms with Crippen molar-refractivity contribution in [1.29, 1.82) is 0 Å². The molecule has 1 heterocycles. The summed E-state index contributed by atoms with van der Waals surface area (Å²) in [5.41, 5.74) is 10.9. The highest BCUT2D eigenvalue weighted by Crippen LogP contribution is 2.37. The highest BCUT2D eigenvalue weighted by molar-refractivity contribution is 5.90. The van der Waals surface area contributed by atoms with Crippen LogP contribution in [0.5, 0.6) is 0 Å². The first-order chi connectivity index (χ1) is 11.5. The van der Waals surface area contributed by atoms with E-state index in [-0.39, 0.29) is 16.7 Å². The number of benzene rings is 2. The predicted molar refractivity (Wildman–Crippen MR) is 95.3 cm³/mol. The summed E-state index contributed by atoms with van der Waals surface area (Å²) >= 11 is 0. The van der Waals surface area contributed by atoms with Crippen LogP contribution in [0.15, 0.2) is 47.6 Å². The van der Waals surface area contributed by atoms with E-state index in [1.54, 1.807) is 12.1 Å². The zero-order valence-corrected chi connectivity index (χ0v) is 13.8. The average Bonchev–Trinajstić information content (AvgIpc) is 3.01. The van der Waals surface area contributed by atoms with Crippen molar-refractivity contribution in [3.8, 4) is 0 Å². The second-order valence-electron chi connectivity index (χ2n) is 6.08. The minimum Gasteiger partial charge on any atom is -0.325 e. The summed E-state index contributed by atoms with van der Waals surface area (Å²) in [6.45, 7) is 4.46. The van der Waals surface area contributed by atoms with Gasteiger partial charge in [-0.2, -0.15) is 5.10 Å². The summed E-state index contributed by atoms with van der Waals surface area (Å²) < 4.78 is 0. The van der Waals surface area contributed by atoms with E-state index in [9.17, 15) is 10.1 Å². The number of nitrogens with two attached hydrogens (primary N) is 1. The van der Waals surface area contributed by atoms with E-state index < -0.39 is 0 Å². The van der Waals surface area contributed by atoms with Gasteiger partial charge in [-0.15, -0.1) is 0 Å². The van der Waals surface area contributed by atoms with Gasteiger partial charge < -0.3 is 5.73 Å². The number of non-ortho nitro benzene ring substituents is 1. The summed E-state index contributed by atoms with van der Waals surface area (Å²) in [5, 5.41) is 17.7. The van der Waals surface area contributed by atoms with Crippen molar-refractivity contribution < 1.29 is 4.92 Å². The summed E-state index contributed by atoms with van der Waals surface area (Å²) in [4.78, 5) is 10.7. The Labute approximate surface area is 140 Å². The molecule has 1 aliphatic heterocycles. The Balaban J connectivity index is 2.05. The van der Waals surface area contributed by atoms with E-state index in [2.05, 4.69) is 23.3 Å². The molecule has 0 amide bonds. The molecule has 0 fully saturated rings. The third-order valence-corrected chi connectivity index (χ3v) is 4.29. The van der Waals surface area contributed by atoms with Gasteiger partial charge in [-0.1, -0.05) is 24.3 Å². The first-order valence-electron chi connectivity index (χ1n) is 7.87. The maximum atomic E-state index is 11.1. The van der Waals surface area contributed by atoms with Crippen molar-refractivity contribution in [1.82, 2.24) is 0 Å². The third-order valence-electron chi connectivity index (χ3n) is 4.29. The smallest absolute Gasteiger partial charge is 0.269 e. The average molecular weight is 324 g/mol. The largest absolute Gasteiger partial charge is 0.325 e. The van der Waals surface area contributed by atoms with Crippen LogP contribution in [0, 0.1) is 24.0 Å². The molecule has 0 aromatic heterocycles. The number of nitro benzene ring substituents is 1. The van der Waals surface area contributed by atoms with Crippen LogP contribution in [0.3, 0.4) is 0 Å². The predicted octanol–water partition coefficient (Wildman–Crippen LogP) is 3.48. The van der Waals surface area contributed by atoms with Gasteiger partial charge in [0.2, 0.25) is 0 Å². The van der Waals surface area contributed by atoms with Crippen LogP contribution >= 0.6 is 0 Å². The monoisotopic (exact) mass is 324 g/mol. The molecule has 0 radical (unpaired) electrons. The topological polar surface area (TPSA) is 84.8 Å². The lowest BCUT2D eigenvalue weighted by molar-refractivity contribution is -0.384. The van der Waals surface area contributed by atoms with Crippen molar-refractivity contribution in [2.75, 3.05) is 11.6 Å². The Bertz CT molecular complexity index is 816. The minimum absolute atomic E-state index is 0.0797. The van der Waals surface area contributed by atoms with E-state index >= 15 is 0 Å². The van der Waals surface area contributed by atoms with Gasteiger partial charge in [0.1, 0.15) is 0 Å². The van der Waals surface area contributed by atoms with Crippen molar-refractivity contribution in [3.05, 3.63) is 69.3 Å². The van der Waals surface area contributed by atoms with Gasteiger partial charge in [0.05, 0.1) is 22.4 Å². The second kappa shape index (κ2) is 6.41. The number of nitro groups is 1. The van der Waals surface area contributed by atoms with Crippen molar-refractivity contribution in [2.24, 2.45) is 10.8 Å². The van der Waals surface area contributed by atoms with E-state index in [1.807, 2.05) is 24.9 Å². The number of nitrogens with zero attached hydrogens (tertiary/aromatic N) is 3. The molecule has 124 valence electrons. The fourth-order valence-electron chi connectivity index (χ4n) is 2.99. The zero-order chi connectivity index (χ0) is 17.3. The van der Waals surface area contributed by atoms with Crippen molar-refractivity contribution in [3.63, 3.8) is 0 Å². The molecule has 0 spiro atoms. The normalized spacial score (nSPS) is 17.0. The van der Waals surface area contributed by atoms with Crippen LogP contribution in [0.25, 0.3) is 0 Å². The van der Waals surface area contributed by atoms with Gasteiger partial charge in [-0.3, -0.25) is 15.1 Å². The number of hydrogen-bond donors (Lipinski definition) is 1. The first-order valence-corrected chi connectivity index (χ1v) is 7.87. The Morgan fingerprint density at radius 3 is 2.79 bits per heavy atom. The van der Waals surface area contributed by atoms with E-state index in [0.717, 1.165) is 28.1 Å². The van der Waals surface area contributed by atoms with E-state index in [0.29, 0.717) is 13.0 Å². The van der Waals surface area contributed by atoms with Crippen LogP contribution < -0.4 is 10.7 Å². The third kappa shape index (κ3) is 3.00. The Morgan fingerprint density at radius 1 is 1.29 bits per heavy atom. The van der Waals surface area contributed by atoms with Gasteiger partial charge in [0, 0.05) is 25.1 Å². The molecule has 3 rings (SSSR count). The number of hydrogen-bond acceptors (Lipinski definition) is 5. The van der Waals surface area contributed by atoms with Crippen LogP contribution in [0.1, 0.15) is 29.2 Å². The fourth-order valence-corrected chi connectivity index (χ4v) is 2.99. The van der Waals surface area contributed by atoms with Crippen LogP contribution in [-0.2, 0) is 0 Å². The van der Waals surface area contributed by atoms with Crippen molar-refractivity contribution in [2.45, 2.75) is 26.3 Å². The standard InChI is InChI=1S/C18H20N4O2/c1-12-6-7-13(2)17(8-12)21-18(10-15(11-19)20-21)14-4-3-5-16(9-14)22(23)24/h3-9,18H,10-11,19H2,1-2H3. The first kappa shape index (κ1) is 16.1. The molecule has 24 heavy (non-hydrogen) atoms. The van der Waals surface area contributed by atoms with E-state index in [1.165, 1.54) is 6.07 Å². The lowest BCUT2D eigenvalue weighted by Crippen LogP contribution is -2.19. The Morgan fingerprint density at radius 2 is 2.08 bits per heavy atom. The Kier molecular flexibility index (Phi) is 4.31. The Hall–Kier alpha value is -2.73. The molecule has 2 N–H and O–H groups in total. The molecule has 0 bridgehead atoms. The van der Waals surface area contributed by atoms with Gasteiger partial charge >= 0.3 is 0 Å². The number of hydrazone groups is 1. The van der Waals surface area contributed by atoms with Gasteiger partial charge in [0.15, 0.2) is 0 Å². The summed E-state index contributed by atoms with van der Waals surface area (Å²) in [6.07, 6.45) is 0.672. The summed E-state index contributed by atoms with van der Waals surface area (Å²) in [7, 11) is 0. The molecule has 1 aliphatic rings. The number of anilines is 1. The molecular formula is C18H20N4O2. The maximum Gasteiger partial charge on any atom is 0.269 e. The minimum atomic E-state index is -0.370. The maximum absolute atomic E-state index is 11.1. The molecule has 1 unspecified atom stereocenters. The van der Waals surface area contributed by atoms with Crippen LogP contribution in [-0.4, -0.2) is 17.2 Å². The lowest BCUT2D eigenvalue weighted by atomic mass is 10.00. The number of aryl methyl sites for hydroxylation is 2. The van der Waals surface area contributed by atoms with Crippen LogP contribution in [0.2, 0.25) is 0 Å². The second-order valence-corrected chi connectivity index (χ2v) is 6.08. The molecular weight excluding hydrogens is 304 g/mol. The van der Waals surface area contributed by atoms with Crippen molar-refractivity contribution >= 4 is 17.1 Å². The lowest BCUT2D eigenvalue weighted by Gasteiger charge is -2.25. The van der Waals surface area contributed by atoms with Crippen LogP contribution in [0.4, 0.5) is 11.4 Å². The summed E-state index contributed by atoms with van der Waals surface area (Å²) in [5.74, 6) is 0. The molecule has 6 heteroatoms. The van der Waals surface area contributed by atoms with Gasteiger partial charge in [0.25, 0.3) is 5.69 Å². The SMILES string of the molecule is Cc1ccc(C)c(N2N=C(CN)CC2c2cccc([N+](=O)[O-])c2)c1. The number of rotatable bonds is 4. The molecule has 1 atom stereocenters. The highest BCUT2D eigenvalue weighted by Gasteiger charge is 2.30. The molecule has 0 saturated carbocycles. The quantitative estimate of drug-likeness (QED) is 0.689. The van der Waals surface area contributed by atoms with Gasteiger partial charge in [-0.05, 0) is 36.6 Å². The molecule has 6 nitrogen and oxygen atoms in total. The van der Waals surface area contributed by atoms with Gasteiger partial charge in [-0.25, -0.2) is 0 Å². The highest BCUT2D eigenvalue weighted by atomic mass is 16.6. The molecule has 0 aliphatic carbocycles. The fraction of sp³-hybridized carbons (Fsp3) is 0.278. The molecule has 0 saturated heterocycles. The molecule has 2 aromatic rings. The van der Waals surface area contributed by atoms with E-state index in [4.69, 9.17) is 5.73 Å². The zero-order valence-electron chi connectivity index (χ0n) is 13.8. The summed E-state index contributed by atoms with van der Waals surface area (Å²) in [6, 6.07) is 12.9. The molecule has 2 aromatic carbocycles.